The quantitative estimate of drug-likeness (QED) is 0.600. The maximum Gasteiger partial charge on any atom is 0.355 e. The van der Waals surface area contributed by atoms with Gasteiger partial charge in [0.05, 0.1) is 5.02 Å². The topological polar surface area (TPSA) is 62.4 Å². The van der Waals surface area contributed by atoms with E-state index in [1.165, 1.54) is 12.3 Å². The molecule has 144 valence electrons. The summed E-state index contributed by atoms with van der Waals surface area (Å²) in [6.07, 6.45) is 0.559. The van der Waals surface area contributed by atoms with Gasteiger partial charge in [0.2, 0.25) is 0 Å². The largest absolute Gasteiger partial charge is 0.448 e. The standard InChI is InChI=1S/C22H21ClN2O3/c1-16(28-22(27)20-12-19(23)13-24-20)21(26)25(14-17-8-4-2-5-9-17)15-18-10-6-3-7-11-18/h2-13,16,24H,14-15H2,1H3. The average Bonchev–Trinajstić information content (AvgIpc) is 3.15. The van der Waals surface area contributed by atoms with E-state index in [0.29, 0.717) is 18.1 Å². The maximum absolute atomic E-state index is 13.0. The van der Waals surface area contributed by atoms with Crippen LogP contribution in [0.5, 0.6) is 0 Å². The number of hydrogen-bond donors (Lipinski definition) is 1. The van der Waals surface area contributed by atoms with E-state index in [1.807, 2.05) is 60.7 Å². The highest BCUT2D eigenvalue weighted by molar-refractivity contribution is 6.30. The summed E-state index contributed by atoms with van der Waals surface area (Å²) in [7, 11) is 0. The maximum atomic E-state index is 13.0. The molecule has 1 aromatic heterocycles. The Balaban J connectivity index is 1.73. The number of nitrogens with one attached hydrogen (secondary N) is 1. The molecule has 1 heterocycles. The average molecular weight is 397 g/mol. The monoisotopic (exact) mass is 396 g/mol. The third-order valence-corrected chi connectivity index (χ3v) is 4.46. The van der Waals surface area contributed by atoms with E-state index in [4.69, 9.17) is 16.3 Å². The first-order valence-electron chi connectivity index (χ1n) is 8.94. The summed E-state index contributed by atoms with van der Waals surface area (Å²) in [5.41, 5.74) is 2.21. The Labute approximate surface area is 168 Å². The predicted octanol–water partition coefficient (Wildman–Crippen LogP) is 4.44. The molecular weight excluding hydrogens is 376 g/mol. The van der Waals surface area contributed by atoms with Crippen LogP contribution in [0, 0.1) is 0 Å². The minimum absolute atomic E-state index is 0.210. The third-order valence-electron chi connectivity index (χ3n) is 4.24. The molecule has 3 aromatic rings. The number of rotatable bonds is 7. The van der Waals surface area contributed by atoms with Gasteiger partial charge < -0.3 is 14.6 Å². The van der Waals surface area contributed by atoms with E-state index in [0.717, 1.165) is 11.1 Å². The fourth-order valence-corrected chi connectivity index (χ4v) is 3.00. The number of amides is 1. The van der Waals surface area contributed by atoms with Crippen LogP contribution in [0.15, 0.2) is 72.9 Å². The van der Waals surface area contributed by atoms with E-state index >= 15 is 0 Å². The number of carbonyl (C=O) groups excluding carboxylic acids is 2. The molecule has 1 N–H and O–H groups in total. The molecule has 5 nitrogen and oxygen atoms in total. The predicted molar refractivity (Wildman–Crippen MR) is 108 cm³/mol. The molecule has 1 unspecified atom stereocenters. The molecular formula is C22H21ClN2O3. The van der Waals surface area contributed by atoms with E-state index in [9.17, 15) is 9.59 Å². The molecule has 1 atom stereocenters. The van der Waals surface area contributed by atoms with Crippen LogP contribution in [-0.4, -0.2) is 27.9 Å². The zero-order valence-electron chi connectivity index (χ0n) is 15.5. The van der Waals surface area contributed by atoms with Gasteiger partial charge in [0.15, 0.2) is 6.10 Å². The first kappa shape index (κ1) is 19.7. The van der Waals surface area contributed by atoms with Crippen molar-refractivity contribution in [2.45, 2.75) is 26.1 Å². The number of nitrogens with zero attached hydrogens (tertiary/aromatic N) is 1. The number of aromatic nitrogens is 1. The van der Waals surface area contributed by atoms with E-state index in [-0.39, 0.29) is 11.6 Å². The molecule has 0 aliphatic carbocycles. The van der Waals surface area contributed by atoms with Crippen LogP contribution in [0.4, 0.5) is 0 Å². The molecule has 1 amide bonds. The molecule has 0 aliphatic rings. The highest BCUT2D eigenvalue weighted by atomic mass is 35.5. The Kier molecular flexibility index (Phi) is 6.50. The Morgan fingerprint density at radius 3 is 2.00 bits per heavy atom. The Bertz CT molecular complexity index is 884. The van der Waals surface area contributed by atoms with Crippen molar-refractivity contribution >= 4 is 23.5 Å². The van der Waals surface area contributed by atoms with Crippen molar-refractivity contribution in [1.82, 2.24) is 9.88 Å². The van der Waals surface area contributed by atoms with Crippen molar-refractivity contribution in [2.24, 2.45) is 0 Å². The number of benzene rings is 2. The van der Waals surface area contributed by atoms with Gasteiger partial charge in [-0.05, 0) is 24.1 Å². The number of esters is 1. The van der Waals surface area contributed by atoms with Crippen LogP contribution < -0.4 is 0 Å². The molecule has 28 heavy (non-hydrogen) atoms. The zero-order chi connectivity index (χ0) is 19.9. The van der Waals surface area contributed by atoms with Crippen molar-refractivity contribution in [3.05, 3.63) is 94.8 Å². The van der Waals surface area contributed by atoms with E-state index in [2.05, 4.69) is 4.98 Å². The van der Waals surface area contributed by atoms with Crippen LogP contribution in [0.25, 0.3) is 0 Å². The van der Waals surface area contributed by atoms with Crippen molar-refractivity contribution in [3.8, 4) is 0 Å². The number of carbonyl (C=O) groups is 2. The number of halogens is 1. The van der Waals surface area contributed by atoms with Gasteiger partial charge in [0.1, 0.15) is 5.69 Å². The van der Waals surface area contributed by atoms with Crippen molar-refractivity contribution < 1.29 is 14.3 Å². The number of H-pyrrole nitrogens is 1. The Morgan fingerprint density at radius 1 is 1.00 bits per heavy atom. The molecule has 6 heteroatoms. The highest BCUT2D eigenvalue weighted by Gasteiger charge is 2.25. The normalized spacial score (nSPS) is 11.6. The summed E-state index contributed by atoms with van der Waals surface area (Å²) in [4.78, 5) is 29.7. The van der Waals surface area contributed by atoms with Crippen molar-refractivity contribution in [2.75, 3.05) is 0 Å². The minimum atomic E-state index is -0.929. The van der Waals surface area contributed by atoms with Gasteiger partial charge >= 0.3 is 5.97 Å². The van der Waals surface area contributed by atoms with Gasteiger partial charge in [-0.15, -0.1) is 0 Å². The van der Waals surface area contributed by atoms with Crippen LogP contribution in [-0.2, 0) is 22.6 Å². The van der Waals surface area contributed by atoms with Gasteiger partial charge in [-0.3, -0.25) is 4.79 Å². The fraction of sp³-hybridized carbons (Fsp3) is 0.182. The SMILES string of the molecule is CC(OC(=O)c1cc(Cl)c[nH]1)C(=O)N(Cc1ccccc1)Cc1ccccc1. The second kappa shape index (κ2) is 9.24. The van der Waals surface area contributed by atoms with E-state index < -0.39 is 12.1 Å². The lowest BCUT2D eigenvalue weighted by Gasteiger charge is -2.26. The highest BCUT2D eigenvalue weighted by Crippen LogP contribution is 2.15. The second-order valence-electron chi connectivity index (χ2n) is 6.44. The van der Waals surface area contributed by atoms with Crippen LogP contribution in [0.1, 0.15) is 28.5 Å². The number of hydrogen-bond acceptors (Lipinski definition) is 3. The summed E-state index contributed by atoms with van der Waals surface area (Å²) < 4.78 is 5.35. The molecule has 3 rings (SSSR count). The van der Waals surface area contributed by atoms with Gasteiger partial charge in [-0.2, -0.15) is 0 Å². The van der Waals surface area contributed by atoms with Gasteiger partial charge in [-0.25, -0.2) is 4.79 Å². The van der Waals surface area contributed by atoms with Crippen LogP contribution in [0.3, 0.4) is 0 Å². The Morgan fingerprint density at radius 2 is 1.54 bits per heavy atom. The molecule has 0 radical (unpaired) electrons. The summed E-state index contributed by atoms with van der Waals surface area (Å²) in [5, 5.41) is 0.403. The lowest BCUT2D eigenvalue weighted by atomic mass is 10.1. The summed E-state index contributed by atoms with van der Waals surface area (Å²) >= 11 is 5.82. The minimum Gasteiger partial charge on any atom is -0.448 e. The summed E-state index contributed by atoms with van der Waals surface area (Å²) in [5.74, 6) is -0.883. The summed E-state index contributed by atoms with van der Waals surface area (Å²) in [6.45, 7) is 2.42. The first-order chi connectivity index (χ1) is 13.5. The molecule has 0 spiro atoms. The fourth-order valence-electron chi connectivity index (χ4n) is 2.84. The van der Waals surface area contributed by atoms with E-state index in [1.54, 1.807) is 11.8 Å². The second-order valence-corrected chi connectivity index (χ2v) is 6.88. The van der Waals surface area contributed by atoms with Gasteiger partial charge in [0.25, 0.3) is 5.91 Å². The first-order valence-corrected chi connectivity index (χ1v) is 9.32. The number of aromatic amines is 1. The number of ether oxygens (including phenoxy) is 1. The van der Waals surface area contributed by atoms with Crippen LogP contribution in [0.2, 0.25) is 5.02 Å². The van der Waals surface area contributed by atoms with Gasteiger partial charge in [-0.1, -0.05) is 72.3 Å². The third kappa shape index (κ3) is 5.24. The molecule has 0 aliphatic heterocycles. The Hall–Kier alpha value is -3.05. The molecule has 2 aromatic carbocycles. The molecule has 0 fully saturated rings. The lowest BCUT2D eigenvalue weighted by Crippen LogP contribution is -2.39. The van der Waals surface area contributed by atoms with Crippen molar-refractivity contribution in [3.63, 3.8) is 0 Å². The smallest absolute Gasteiger partial charge is 0.355 e. The van der Waals surface area contributed by atoms with Crippen LogP contribution >= 0.6 is 11.6 Å². The molecule has 0 saturated carbocycles. The van der Waals surface area contributed by atoms with Gasteiger partial charge in [0, 0.05) is 19.3 Å². The molecule has 0 bridgehead atoms. The summed E-state index contributed by atoms with van der Waals surface area (Å²) in [6, 6.07) is 20.9. The molecule has 0 saturated heterocycles. The lowest BCUT2D eigenvalue weighted by molar-refractivity contribution is -0.141. The zero-order valence-corrected chi connectivity index (χ0v) is 16.2. The van der Waals surface area contributed by atoms with Crippen molar-refractivity contribution in [1.29, 1.82) is 0 Å².